The minimum Gasteiger partial charge on any atom is -0.508 e. The summed E-state index contributed by atoms with van der Waals surface area (Å²) in [5, 5.41) is 9.79. The van der Waals surface area contributed by atoms with Crippen LogP contribution in [0.3, 0.4) is 0 Å². The minimum atomic E-state index is 0.174. The molecule has 0 saturated carbocycles. The SMILES string of the molecule is CC(c1cccc(S)c1)c1ccccc1O. The van der Waals surface area contributed by atoms with Crippen LogP contribution in [-0.2, 0) is 0 Å². The Balaban J connectivity index is 2.39. The van der Waals surface area contributed by atoms with E-state index >= 15 is 0 Å². The highest BCUT2D eigenvalue weighted by molar-refractivity contribution is 7.80. The molecule has 0 aromatic heterocycles. The first-order valence-corrected chi connectivity index (χ1v) is 5.70. The predicted molar refractivity (Wildman–Crippen MR) is 69.3 cm³/mol. The lowest BCUT2D eigenvalue weighted by molar-refractivity contribution is 0.466. The predicted octanol–water partition coefficient (Wildman–Crippen LogP) is 3.83. The Kier molecular flexibility index (Phi) is 3.20. The van der Waals surface area contributed by atoms with Gasteiger partial charge in [0.2, 0.25) is 0 Å². The first-order valence-electron chi connectivity index (χ1n) is 5.25. The third kappa shape index (κ3) is 2.22. The standard InChI is InChI=1S/C14H14OS/c1-10(11-5-4-6-12(16)9-11)13-7-2-3-8-14(13)15/h2-10,15-16H,1H3. The molecule has 0 aliphatic rings. The molecule has 0 aliphatic heterocycles. The van der Waals surface area contributed by atoms with Crippen molar-refractivity contribution in [1.29, 1.82) is 0 Å². The molecule has 16 heavy (non-hydrogen) atoms. The Bertz CT molecular complexity index is 494. The van der Waals surface area contributed by atoms with Crippen molar-refractivity contribution < 1.29 is 5.11 Å². The van der Waals surface area contributed by atoms with E-state index in [2.05, 4.69) is 25.6 Å². The van der Waals surface area contributed by atoms with E-state index < -0.39 is 0 Å². The zero-order chi connectivity index (χ0) is 11.5. The van der Waals surface area contributed by atoms with Gasteiger partial charge >= 0.3 is 0 Å². The molecule has 2 heteroatoms. The number of thiol groups is 1. The molecule has 1 nitrogen and oxygen atoms in total. The van der Waals surface area contributed by atoms with E-state index in [0.29, 0.717) is 5.75 Å². The molecule has 82 valence electrons. The first kappa shape index (κ1) is 11.1. The van der Waals surface area contributed by atoms with Gasteiger partial charge in [0, 0.05) is 16.4 Å². The maximum atomic E-state index is 9.79. The molecular weight excluding hydrogens is 216 g/mol. The fraction of sp³-hybridized carbons (Fsp3) is 0.143. The number of phenols is 1. The summed E-state index contributed by atoms with van der Waals surface area (Å²) in [6.45, 7) is 2.08. The van der Waals surface area contributed by atoms with Gasteiger partial charge in [-0.05, 0) is 23.8 Å². The number of hydrogen-bond donors (Lipinski definition) is 2. The van der Waals surface area contributed by atoms with E-state index in [4.69, 9.17) is 0 Å². The number of aromatic hydroxyl groups is 1. The van der Waals surface area contributed by atoms with E-state index in [0.717, 1.165) is 16.0 Å². The summed E-state index contributed by atoms with van der Waals surface area (Å²) >= 11 is 4.32. The van der Waals surface area contributed by atoms with Crippen LogP contribution in [0.5, 0.6) is 5.75 Å². The average Bonchev–Trinajstić information content (AvgIpc) is 2.29. The molecule has 0 saturated heterocycles. The molecule has 2 rings (SSSR count). The Hall–Kier alpha value is -1.41. The molecular formula is C14H14OS. The zero-order valence-corrected chi connectivity index (χ0v) is 9.99. The van der Waals surface area contributed by atoms with Crippen LogP contribution in [0.4, 0.5) is 0 Å². The largest absolute Gasteiger partial charge is 0.508 e. The summed E-state index contributed by atoms with van der Waals surface area (Å²) in [5.41, 5.74) is 2.11. The molecule has 0 fully saturated rings. The molecule has 0 radical (unpaired) electrons. The van der Waals surface area contributed by atoms with Crippen LogP contribution < -0.4 is 0 Å². The molecule has 1 N–H and O–H groups in total. The van der Waals surface area contributed by atoms with Gasteiger partial charge in [0.25, 0.3) is 0 Å². The maximum Gasteiger partial charge on any atom is 0.119 e. The van der Waals surface area contributed by atoms with Gasteiger partial charge in [-0.2, -0.15) is 0 Å². The van der Waals surface area contributed by atoms with Crippen molar-refractivity contribution in [3.63, 3.8) is 0 Å². The summed E-state index contributed by atoms with van der Waals surface area (Å²) in [7, 11) is 0. The summed E-state index contributed by atoms with van der Waals surface area (Å²) in [6, 6.07) is 15.5. The van der Waals surface area contributed by atoms with Crippen molar-refractivity contribution in [1.82, 2.24) is 0 Å². The minimum absolute atomic E-state index is 0.174. The van der Waals surface area contributed by atoms with Crippen LogP contribution in [-0.4, -0.2) is 5.11 Å². The van der Waals surface area contributed by atoms with Crippen LogP contribution in [0, 0.1) is 0 Å². The fourth-order valence-electron chi connectivity index (χ4n) is 1.83. The number of rotatable bonds is 2. The van der Waals surface area contributed by atoms with Crippen LogP contribution in [0.25, 0.3) is 0 Å². The number of benzene rings is 2. The van der Waals surface area contributed by atoms with Crippen LogP contribution >= 0.6 is 12.6 Å². The Morgan fingerprint density at radius 2 is 1.81 bits per heavy atom. The number of para-hydroxylation sites is 1. The number of hydrogen-bond acceptors (Lipinski definition) is 2. The van der Waals surface area contributed by atoms with Gasteiger partial charge < -0.3 is 5.11 Å². The van der Waals surface area contributed by atoms with Crippen molar-refractivity contribution in [2.24, 2.45) is 0 Å². The van der Waals surface area contributed by atoms with Crippen LogP contribution in [0.15, 0.2) is 53.4 Å². The van der Waals surface area contributed by atoms with E-state index in [1.165, 1.54) is 0 Å². The van der Waals surface area contributed by atoms with Crippen molar-refractivity contribution in [3.05, 3.63) is 59.7 Å². The van der Waals surface area contributed by atoms with E-state index in [1.807, 2.05) is 36.4 Å². The topological polar surface area (TPSA) is 20.2 Å². The molecule has 0 bridgehead atoms. The fourth-order valence-corrected chi connectivity index (χ4v) is 2.06. The molecule has 2 aromatic carbocycles. The Morgan fingerprint density at radius 1 is 1.06 bits per heavy atom. The highest BCUT2D eigenvalue weighted by Gasteiger charge is 2.11. The Morgan fingerprint density at radius 3 is 2.50 bits per heavy atom. The second-order valence-corrected chi connectivity index (χ2v) is 4.39. The number of phenolic OH excluding ortho intramolecular Hbond substituents is 1. The lowest BCUT2D eigenvalue weighted by Gasteiger charge is -2.14. The third-order valence-electron chi connectivity index (χ3n) is 2.77. The highest BCUT2D eigenvalue weighted by Crippen LogP contribution is 2.31. The van der Waals surface area contributed by atoms with Gasteiger partial charge in [-0.1, -0.05) is 37.3 Å². The van der Waals surface area contributed by atoms with E-state index in [-0.39, 0.29) is 5.92 Å². The summed E-state index contributed by atoms with van der Waals surface area (Å²) in [4.78, 5) is 0.944. The normalized spacial score (nSPS) is 12.4. The van der Waals surface area contributed by atoms with Crippen molar-refractivity contribution >= 4 is 12.6 Å². The Labute approximate surface area is 101 Å². The summed E-state index contributed by atoms with van der Waals surface area (Å²) < 4.78 is 0. The first-order chi connectivity index (χ1) is 7.68. The smallest absolute Gasteiger partial charge is 0.119 e. The lowest BCUT2D eigenvalue weighted by atomic mass is 9.92. The average molecular weight is 230 g/mol. The summed E-state index contributed by atoms with van der Waals surface area (Å²) in [5.74, 6) is 0.521. The quantitative estimate of drug-likeness (QED) is 0.751. The molecule has 1 unspecified atom stereocenters. The van der Waals surface area contributed by atoms with Crippen molar-refractivity contribution in [2.45, 2.75) is 17.7 Å². The van der Waals surface area contributed by atoms with Crippen molar-refractivity contribution in [2.75, 3.05) is 0 Å². The maximum absolute atomic E-state index is 9.79. The van der Waals surface area contributed by atoms with Gasteiger partial charge in [0.1, 0.15) is 5.75 Å². The second-order valence-electron chi connectivity index (χ2n) is 3.88. The summed E-state index contributed by atoms with van der Waals surface area (Å²) in [6.07, 6.45) is 0. The van der Waals surface area contributed by atoms with Gasteiger partial charge in [0.05, 0.1) is 0 Å². The van der Waals surface area contributed by atoms with Gasteiger partial charge in [-0.25, -0.2) is 0 Å². The zero-order valence-electron chi connectivity index (χ0n) is 9.09. The van der Waals surface area contributed by atoms with Crippen LogP contribution in [0.1, 0.15) is 24.0 Å². The molecule has 0 aliphatic carbocycles. The third-order valence-corrected chi connectivity index (χ3v) is 3.05. The second kappa shape index (κ2) is 4.62. The lowest BCUT2D eigenvalue weighted by Crippen LogP contribution is -1.96. The van der Waals surface area contributed by atoms with Gasteiger partial charge in [0.15, 0.2) is 0 Å². The highest BCUT2D eigenvalue weighted by atomic mass is 32.1. The van der Waals surface area contributed by atoms with Crippen molar-refractivity contribution in [3.8, 4) is 5.75 Å². The molecule has 0 heterocycles. The van der Waals surface area contributed by atoms with Crippen LogP contribution in [0.2, 0.25) is 0 Å². The van der Waals surface area contributed by atoms with E-state index in [9.17, 15) is 5.11 Å². The van der Waals surface area contributed by atoms with E-state index in [1.54, 1.807) is 6.07 Å². The molecule has 1 atom stereocenters. The molecule has 2 aromatic rings. The monoisotopic (exact) mass is 230 g/mol. The van der Waals surface area contributed by atoms with Gasteiger partial charge in [-0.3, -0.25) is 0 Å². The van der Waals surface area contributed by atoms with Gasteiger partial charge in [-0.15, -0.1) is 12.6 Å². The molecule has 0 amide bonds. The molecule has 0 spiro atoms.